The van der Waals surface area contributed by atoms with E-state index in [1.54, 1.807) is 0 Å². The fraction of sp³-hybridized carbons (Fsp3) is 0.0513. The topological polar surface area (TPSA) is 17.1 Å². The first-order valence-corrected chi connectivity index (χ1v) is 15.5. The third kappa shape index (κ3) is 4.77. The van der Waals surface area contributed by atoms with Gasteiger partial charge in [-0.15, -0.1) is 0 Å². The quantitative estimate of drug-likeness (QED) is 0.147. The van der Waals surface area contributed by atoms with Crippen molar-refractivity contribution in [1.82, 2.24) is 0 Å². The van der Waals surface area contributed by atoms with E-state index < -0.39 is 10.8 Å². The molecule has 0 spiro atoms. The van der Waals surface area contributed by atoms with Gasteiger partial charge < -0.3 is 0 Å². The van der Waals surface area contributed by atoms with Crippen LogP contribution in [0.5, 0.6) is 0 Å². The smallest absolute Gasteiger partial charge is 0.171 e. The highest BCUT2D eigenvalue weighted by Gasteiger charge is 2.55. The highest BCUT2D eigenvalue weighted by Crippen LogP contribution is 2.51. The van der Waals surface area contributed by atoms with E-state index in [1.165, 1.54) is 0 Å². The SMILES string of the molecule is O=C(C(c1ccccc1)(c1ccccc1)c1ccc(Br)cc1)C(c1ccccc1)(c1ccccc1)c1ccc(Br)cc1. The summed E-state index contributed by atoms with van der Waals surface area (Å²) in [5.41, 5.74) is 3.16. The molecule has 0 amide bonds. The van der Waals surface area contributed by atoms with Gasteiger partial charge in [-0.05, 0) is 57.6 Å². The van der Waals surface area contributed by atoms with Crippen LogP contribution >= 0.6 is 31.9 Å². The average Bonchev–Trinajstić information content (AvgIpc) is 3.05. The summed E-state index contributed by atoms with van der Waals surface area (Å²) in [5, 5.41) is 0. The summed E-state index contributed by atoms with van der Waals surface area (Å²) in [5.74, 6) is 0.0504. The van der Waals surface area contributed by atoms with Crippen LogP contribution in [-0.4, -0.2) is 5.78 Å². The predicted octanol–water partition coefficient (Wildman–Crippen LogP) is 10.1. The van der Waals surface area contributed by atoms with Crippen LogP contribution in [0.4, 0.5) is 0 Å². The zero-order chi connectivity index (χ0) is 29.0. The molecular weight excluding hydrogens is 644 g/mol. The van der Waals surface area contributed by atoms with E-state index in [1.807, 2.05) is 97.1 Å². The molecule has 0 saturated carbocycles. The Morgan fingerprint density at radius 1 is 0.333 bits per heavy atom. The number of Topliss-reactive ketones (excluding diaryl/α,β-unsaturated/α-hetero) is 1. The molecule has 0 bridgehead atoms. The second-order valence-corrected chi connectivity index (χ2v) is 12.1. The Bertz CT molecular complexity index is 1550. The molecule has 0 aliphatic heterocycles. The fourth-order valence-corrected chi connectivity index (χ4v) is 6.75. The molecule has 0 aromatic heterocycles. The molecule has 0 atom stereocenters. The van der Waals surface area contributed by atoms with Crippen LogP contribution in [0.3, 0.4) is 0 Å². The molecule has 42 heavy (non-hydrogen) atoms. The van der Waals surface area contributed by atoms with Crippen molar-refractivity contribution in [2.24, 2.45) is 0 Å². The number of carbonyl (C=O) groups is 1. The summed E-state index contributed by atoms with van der Waals surface area (Å²) in [4.78, 5) is 16.4. The van der Waals surface area contributed by atoms with Crippen LogP contribution in [0, 0.1) is 0 Å². The summed E-state index contributed by atoms with van der Waals surface area (Å²) in [6, 6.07) is 57.2. The van der Waals surface area contributed by atoms with Crippen molar-refractivity contribution >= 4 is 37.6 Å². The lowest BCUT2D eigenvalue weighted by molar-refractivity contribution is -0.125. The van der Waals surface area contributed by atoms with Crippen LogP contribution in [0.2, 0.25) is 0 Å². The van der Waals surface area contributed by atoms with Gasteiger partial charge in [-0.2, -0.15) is 0 Å². The Hall–Kier alpha value is -4.05. The first-order valence-electron chi connectivity index (χ1n) is 13.9. The molecule has 0 radical (unpaired) electrons. The van der Waals surface area contributed by atoms with Gasteiger partial charge in [0, 0.05) is 8.95 Å². The van der Waals surface area contributed by atoms with Crippen molar-refractivity contribution in [3.63, 3.8) is 0 Å². The minimum absolute atomic E-state index is 0.0504. The average molecular weight is 672 g/mol. The molecule has 0 saturated heterocycles. The van der Waals surface area contributed by atoms with E-state index >= 15 is 4.79 Å². The highest BCUT2D eigenvalue weighted by atomic mass is 79.9. The van der Waals surface area contributed by atoms with Crippen molar-refractivity contribution in [3.05, 3.63) is 212 Å². The number of hydrogen-bond donors (Lipinski definition) is 0. The zero-order valence-electron chi connectivity index (χ0n) is 22.8. The van der Waals surface area contributed by atoms with Gasteiger partial charge >= 0.3 is 0 Å². The molecule has 204 valence electrons. The third-order valence-corrected chi connectivity index (χ3v) is 9.12. The summed E-state index contributed by atoms with van der Waals surface area (Å²) in [7, 11) is 0. The minimum Gasteiger partial charge on any atom is -0.296 e. The molecule has 0 aliphatic rings. The molecule has 0 heterocycles. The Kier molecular flexibility index (Phi) is 8.06. The number of ketones is 1. The molecular formula is C39H28Br2O. The van der Waals surface area contributed by atoms with Gasteiger partial charge in [-0.3, -0.25) is 4.79 Å². The van der Waals surface area contributed by atoms with Gasteiger partial charge in [-0.1, -0.05) is 177 Å². The number of hydrogen-bond acceptors (Lipinski definition) is 1. The fourth-order valence-electron chi connectivity index (χ4n) is 6.22. The lowest BCUT2D eigenvalue weighted by Gasteiger charge is -2.44. The first kappa shape index (κ1) is 28.1. The van der Waals surface area contributed by atoms with E-state index in [0.29, 0.717) is 0 Å². The van der Waals surface area contributed by atoms with Gasteiger partial charge in [-0.25, -0.2) is 0 Å². The van der Waals surface area contributed by atoms with E-state index in [4.69, 9.17) is 0 Å². The van der Waals surface area contributed by atoms with Gasteiger partial charge in [0.2, 0.25) is 0 Å². The van der Waals surface area contributed by atoms with Crippen molar-refractivity contribution in [2.75, 3.05) is 0 Å². The van der Waals surface area contributed by atoms with E-state index in [0.717, 1.165) is 42.3 Å². The van der Waals surface area contributed by atoms with Gasteiger partial charge in [0.1, 0.15) is 10.8 Å². The summed E-state index contributed by atoms with van der Waals surface area (Å²) < 4.78 is 1.91. The lowest BCUT2D eigenvalue weighted by atomic mass is 9.54. The minimum atomic E-state index is -1.15. The Morgan fingerprint density at radius 3 is 0.786 bits per heavy atom. The maximum absolute atomic E-state index is 16.4. The van der Waals surface area contributed by atoms with Crippen molar-refractivity contribution < 1.29 is 4.79 Å². The second-order valence-electron chi connectivity index (χ2n) is 10.3. The molecule has 0 N–H and O–H groups in total. The molecule has 6 rings (SSSR count). The molecule has 3 heteroatoms. The highest BCUT2D eigenvalue weighted by molar-refractivity contribution is 9.10. The van der Waals surface area contributed by atoms with Crippen molar-refractivity contribution in [3.8, 4) is 0 Å². The monoisotopic (exact) mass is 670 g/mol. The van der Waals surface area contributed by atoms with Crippen molar-refractivity contribution in [2.45, 2.75) is 10.8 Å². The Morgan fingerprint density at radius 2 is 0.548 bits per heavy atom. The van der Waals surface area contributed by atoms with Crippen LogP contribution < -0.4 is 0 Å². The van der Waals surface area contributed by atoms with Crippen LogP contribution in [0.1, 0.15) is 33.4 Å². The number of rotatable bonds is 8. The van der Waals surface area contributed by atoms with Crippen LogP contribution in [0.25, 0.3) is 0 Å². The summed E-state index contributed by atoms with van der Waals surface area (Å²) in [6.07, 6.45) is 0. The first-order chi connectivity index (χ1) is 20.6. The van der Waals surface area contributed by atoms with Crippen LogP contribution in [-0.2, 0) is 15.6 Å². The van der Waals surface area contributed by atoms with E-state index in [2.05, 4.69) is 105 Å². The normalized spacial score (nSPS) is 11.7. The summed E-state index contributed by atoms with van der Waals surface area (Å²) in [6.45, 7) is 0. The third-order valence-electron chi connectivity index (χ3n) is 8.06. The van der Waals surface area contributed by atoms with Gasteiger partial charge in [0.25, 0.3) is 0 Å². The van der Waals surface area contributed by atoms with E-state index in [9.17, 15) is 0 Å². The number of halogens is 2. The largest absolute Gasteiger partial charge is 0.296 e. The second kappa shape index (κ2) is 12.1. The molecule has 6 aromatic rings. The van der Waals surface area contributed by atoms with Gasteiger partial charge in [0.15, 0.2) is 5.78 Å². The molecule has 0 fully saturated rings. The molecule has 1 nitrogen and oxygen atoms in total. The maximum Gasteiger partial charge on any atom is 0.171 e. The number of benzene rings is 6. The molecule has 6 aromatic carbocycles. The maximum atomic E-state index is 16.4. The predicted molar refractivity (Wildman–Crippen MR) is 179 cm³/mol. The zero-order valence-corrected chi connectivity index (χ0v) is 26.0. The summed E-state index contributed by atoms with van der Waals surface area (Å²) >= 11 is 7.26. The van der Waals surface area contributed by atoms with Crippen LogP contribution in [0.15, 0.2) is 179 Å². The molecule has 0 unspecified atom stereocenters. The molecule has 0 aliphatic carbocycles. The number of carbonyl (C=O) groups excluding carboxylic acids is 1. The lowest BCUT2D eigenvalue weighted by Crippen LogP contribution is -2.52. The van der Waals surface area contributed by atoms with Crippen molar-refractivity contribution in [1.29, 1.82) is 0 Å². The Balaban J connectivity index is 1.82. The standard InChI is InChI=1S/C39H28Br2O/c40-35-25-21-33(22-26-35)38(29-13-5-1-6-14-29,30-15-7-2-8-16-30)37(42)39(31-17-9-3-10-18-31,32-19-11-4-12-20-32)34-23-27-36(41)28-24-34/h1-28H. The van der Waals surface area contributed by atoms with E-state index in [-0.39, 0.29) is 5.78 Å². The van der Waals surface area contributed by atoms with Gasteiger partial charge in [0.05, 0.1) is 0 Å². The Labute approximate surface area is 264 Å².